The molecule has 1 aliphatic heterocycles. The maximum atomic E-state index is 12.8. The second-order valence-electron chi connectivity index (χ2n) is 8.73. The third-order valence-electron chi connectivity index (χ3n) is 6.05. The Labute approximate surface area is 201 Å². The standard InChI is InChI=1S/C22H21B3N8O/c1-31-6-4-18(5-7-31)32-12-17(11-27-32)20(34)30-21-26-9-15-3-2-14(8-19(15)29-21)16-10-28-33(13-16)22(23,24)25/h2-3,8-13,18H,4-7H2,1H3,(H,26,29,30,34). The van der Waals surface area contributed by atoms with Crippen LogP contribution in [-0.4, -0.2) is 84.0 Å². The van der Waals surface area contributed by atoms with Crippen molar-refractivity contribution in [2.24, 2.45) is 0 Å². The molecule has 12 heteroatoms. The highest BCUT2D eigenvalue weighted by molar-refractivity contribution is 6.56. The summed E-state index contributed by atoms with van der Waals surface area (Å²) in [7, 11) is 19.2. The Balaban J connectivity index is 1.33. The maximum absolute atomic E-state index is 12.8. The van der Waals surface area contributed by atoms with Crippen LogP contribution < -0.4 is 5.32 Å². The van der Waals surface area contributed by atoms with Gasteiger partial charge in [-0.1, -0.05) is 12.1 Å². The van der Waals surface area contributed by atoms with E-state index in [2.05, 4.69) is 37.4 Å². The van der Waals surface area contributed by atoms with Gasteiger partial charge in [0.2, 0.25) is 5.95 Å². The van der Waals surface area contributed by atoms with E-state index in [1.54, 1.807) is 31.0 Å². The van der Waals surface area contributed by atoms with E-state index in [-0.39, 0.29) is 11.9 Å². The van der Waals surface area contributed by atoms with Gasteiger partial charge in [-0.3, -0.25) is 19.5 Å². The van der Waals surface area contributed by atoms with E-state index in [9.17, 15) is 4.79 Å². The molecule has 0 spiro atoms. The second-order valence-corrected chi connectivity index (χ2v) is 8.73. The van der Waals surface area contributed by atoms with E-state index in [1.807, 2.05) is 22.9 Å². The van der Waals surface area contributed by atoms with Crippen LogP contribution in [0.2, 0.25) is 0 Å². The highest BCUT2D eigenvalue weighted by Crippen LogP contribution is 2.25. The van der Waals surface area contributed by atoms with E-state index in [1.165, 1.54) is 4.68 Å². The topological polar surface area (TPSA) is 93.8 Å². The number of nitrogens with zero attached hydrogens (tertiary/aromatic N) is 7. The maximum Gasteiger partial charge on any atom is 0.261 e. The summed E-state index contributed by atoms with van der Waals surface area (Å²) in [6.45, 7) is 2.04. The van der Waals surface area contributed by atoms with Crippen LogP contribution in [0.25, 0.3) is 22.0 Å². The molecule has 0 bridgehead atoms. The number of fused-ring (bicyclic) bond motifs is 1. The summed E-state index contributed by atoms with van der Waals surface area (Å²) in [6.07, 6.45) is 10.3. The predicted octanol–water partition coefficient (Wildman–Crippen LogP) is 1.28. The average molecular weight is 446 g/mol. The summed E-state index contributed by atoms with van der Waals surface area (Å²) >= 11 is 0. The molecular formula is C22H21B3N8O. The highest BCUT2D eigenvalue weighted by atomic mass is 16.1. The van der Waals surface area contributed by atoms with Gasteiger partial charge in [-0.05, 0) is 49.8 Å². The third-order valence-corrected chi connectivity index (χ3v) is 6.05. The number of piperidine rings is 1. The first-order valence-electron chi connectivity index (χ1n) is 11.0. The number of carbonyl (C=O) groups is 1. The summed E-state index contributed by atoms with van der Waals surface area (Å²) in [5.41, 5.74) is 2.76. The first kappa shape index (κ1) is 22.4. The van der Waals surface area contributed by atoms with Crippen molar-refractivity contribution >= 4 is 46.3 Å². The fourth-order valence-electron chi connectivity index (χ4n) is 4.03. The minimum atomic E-state index is -1.59. The van der Waals surface area contributed by atoms with Gasteiger partial charge in [0.25, 0.3) is 5.91 Å². The summed E-state index contributed by atoms with van der Waals surface area (Å²) in [4.78, 5) is 23.9. The fraction of sp³-hybridized carbons (Fsp3) is 0.318. The van der Waals surface area contributed by atoms with Crippen LogP contribution in [0, 0.1) is 0 Å². The van der Waals surface area contributed by atoms with E-state index in [0.29, 0.717) is 17.1 Å². The van der Waals surface area contributed by atoms with Gasteiger partial charge in [0, 0.05) is 29.5 Å². The van der Waals surface area contributed by atoms with Gasteiger partial charge in [0.15, 0.2) is 0 Å². The summed E-state index contributed by atoms with van der Waals surface area (Å²) in [5, 5.41) is 10.5. The molecule has 1 N–H and O–H groups in total. The molecule has 1 amide bonds. The zero-order chi connectivity index (χ0) is 23.9. The van der Waals surface area contributed by atoms with Crippen LogP contribution in [0.15, 0.2) is 49.2 Å². The Morgan fingerprint density at radius 3 is 2.59 bits per heavy atom. The number of benzene rings is 1. The van der Waals surface area contributed by atoms with Crippen molar-refractivity contribution in [1.29, 1.82) is 0 Å². The minimum Gasteiger partial charge on any atom is -0.306 e. The van der Waals surface area contributed by atoms with Gasteiger partial charge in [-0.2, -0.15) is 10.2 Å². The van der Waals surface area contributed by atoms with Crippen LogP contribution >= 0.6 is 0 Å². The van der Waals surface area contributed by atoms with Gasteiger partial charge in [-0.25, -0.2) is 9.97 Å². The van der Waals surface area contributed by atoms with Crippen molar-refractivity contribution in [1.82, 2.24) is 34.4 Å². The monoisotopic (exact) mass is 446 g/mol. The zero-order valence-corrected chi connectivity index (χ0v) is 18.8. The lowest BCUT2D eigenvalue weighted by Gasteiger charge is -2.28. The number of carbonyl (C=O) groups excluding carboxylic acids is 1. The van der Waals surface area contributed by atoms with Gasteiger partial charge in [0.1, 0.15) is 0 Å². The highest BCUT2D eigenvalue weighted by Gasteiger charge is 2.20. The first-order valence-corrected chi connectivity index (χ1v) is 11.0. The van der Waals surface area contributed by atoms with Crippen LogP contribution in [-0.2, 0) is 5.24 Å². The first-order chi connectivity index (χ1) is 16.3. The van der Waals surface area contributed by atoms with Gasteiger partial charge >= 0.3 is 0 Å². The molecule has 0 aliphatic carbocycles. The Morgan fingerprint density at radius 2 is 1.85 bits per heavy atom. The Morgan fingerprint density at radius 1 is 1.06 bits per heavy atom. The SMILES string of the molecule is [B]C([B])([B])n1cc(-c2ccc3cnc(NC(=O)c4cnn(C5CCN(C)CC5)c4)nc3c2)cn1. The number of hydrogen-bond acceptors (Lipinski definition) is 6. The van der Waals surface area contributed by atoms with Crippen LogP contribution in [0.1, 0.15) is 29.2 Å². The molecule has 1 aliphatic rings. The van der Waals surface area contributed by atoms with Crippen molar-refractivity contribution in [2.45, 2.75) is 24.1 Å². The van der Waals surface area contributed by atoms with Crippen molar-refractivity contribution in [3.63, 3.8) is 0 Å². The lowest BCUT2D eigenvalue weighted by molar-refractivity contribution is 0.102. The molecular weight excluding hydrogens is 425 g/mol. The average Bonchev–Trinajstić information content (AvgIpc) is 3.49. The number of anilines is 1. The molecule has 1 aromatic carbocycles. The smallest absolute Gasteiger partial charge is 0.261 e. The molecule has 5 rings (SSSR count). The predicted molar refractivity (Wildman–Crippen MR) is 132 cm³/mol. The van der Waals surface area contributed by atoms with E-state index < -0.39 is 5.24 Å². The normalized spacial score (nSPS) is 15.6. The Bertz CT molecular complexity index is 1340. The molecule has 34 heavy (non-hydrogen) atoms. The van der Waals surface area contributed by atoms with Crippen molar-refractivity contribution < 1.29 is 4.79 Å². The molecule has 6 radical (unpaired) electrons. The van der Waals surface area contributed by atoms with Crippen molar-refractivity contribution in [3.05, 3.63) is 54.7 Å². The van der Waals surface area contributed by atoms with Crippen molar-refractivity contribution in [3.8, 4) is 11.1 Å². The number of rotatable bonds is 5. The summed E-state index contributed by atoms with van der Waals surface area (Å²) < 4.78 is 3.16. The fourth-order valence-corrected chi connectivity index (χ4v) is 4.03. The number of likely N-dealkylation sites (tertiary alicyclic amines) is 1. The van der Waals surface area contributed by atoms with E-state index in [0.717, 1.165) is 42.4 Å². The van der Waals surface area contributed by atoms with Gasteiger partial charge < -0.3 is 4.90 Å². The Kier molecular flexibility index (Phi) is 5.77. The number of amides is 1. The Hall–Kier alpha value is -3.40. The molecule has 1 fully saturated rings. The lowest BCUT2D eigenvalue weighted by Crippen LogP contribution is -2.35. The summed E-state index contributed by atoms with van der Waals surface area (Å²) in [6, 6.07) is 5.98. The van der Waals surface area contributed by atoms with Crippen molar-refractivity contribution in [2.75, 3.05) is 25.5 Å². The molecule has 3 aromatic heterocycles. The number of aromatic nitrogens is 6. The van der Waals surface area contributed by atoms with E-state index >= 15 is 0 Å². The van der Waals surface area contributed by atoms with Crippen LogP contribution in [0.3, 0.4) is 0 Å². The molecule has 4 heterocycles. The molecule has 164 valence electrons. The molecule has 4 aromatic rings. The van der Waals surface area contributed by atoms with Gasteiger partial charge in [-0.15, -0.1) is 0 Å². The van der Waals surface area contributed by atoms with Crippen LogP contribution in [0.5, 0.6) is 0 Å². The molecule has 0 atom stereocenters. The zero-order valence-electron chi connectivity index (χ0n) is 18.8. The van der Waals surface area contributed by atoms with E-state index in [4.69, 9.17) is 23.5 Å². The molecule has 0 unspecified atom stereocenters. The van der Waals surface area contributed by atoms with Crippen LogP contribution in [0.4, 0.5) is 5.95 Å². The second kappa shape index (κ2) is 8.75. The quantitative estimate of drug-likeness (QED) is 0.465. The van der Waals surface area contributed by atoms with Gasteiger partial charge in [0.05, 0.1) is 53.1 Å². The summed E-state index contributed by atoms with van der Waals surface area (Å²) in [5.74, 6) is -0.0941. The number of nitrogens with one attached hydrogen (secondary N) is 1. The molecule has 0 saturated carbocycles. The lowest BCUT2D eigenvalue weighted by atomic mass is 9.49. The third kappa shape index (κ3) is 4.63. The largest absolute Gasteiger partial charge is 0.306 e. The number of hydrogen-bond donors (Lipinski definition) is 1. The molecule has 1 saturated heterocycles. The molecule has 9 nitrogen and oxygen atoms in total. The minimum absolute atomic E-state index is 0.210.